The summed E-state index contributed by atoms with van der Waals surface area (Å²) in [5.41, 5.74) is 3.94. The molecule has 1 aromatic rings. The molecule has 0 aliphatic heterocycles. The predicted octanol–water partition coefficient (Wildman–Crippen LogP) is 5.66. The number of hydrogen-bond acceptors (Lipinski definition) is 1. The molecule has 0 bridgehead atoms. The lowest BCUT2D eigenvalue weighted by molar-refractivity contribution is -0.114. The van der Waals surface area contributed by atoms with Crippen molar-refractivity contribution >= 4 is 5.78 Å². The maximum atomic E-state index is 11.9. The van der Waals surface area contributed by atoms with Crippen LogP contribution in [0.15, 0.2) is 35.9 Å². The van der Waals surface area contributed by atoms with Crippen molar-refractivity contribution in [3.63, 3.8) is 0 Å². The summed E-state index contributed by atoms with van der Waals surface area (Å²) in [5.74, 6) is 0.811. The van der Waals surface area contributed by atoms with Crippen molar-refractivity contribution in [1.82, 2.24) is 0 Å². The molecular formula is C20H30O. The lowest BCUT2D eigenvalue weighted by Gasteiger charge is -2.20. The average molecular weight is 286 g/mol. The fourth-order valence-corrected chi connectivity index (χ4v) is 2.89. The Kier molecular flexibility index (Phi) is 8.04. The zero-order chi connectivity index (χ0) is 15.7. The van der Waals surface area contributed by atoms with E-state index in [1.807, 2.05) is 13.0 Å². The van der Waals surface area contributed by atoms with Gasteiger partial charge in [0.2, 0.25) is 0 Å². The van der Waals surface area contributed by atoms with Crippen LogP contribution in [0.3, 0.4) is 0 Å². The van der Waals surface area contributed by atoms with Crippen LogP contribution in [0.2, 0.25) is 0 Å². The van der Waals surface area contributed by atoms with Crippen molar-refractivity contribution < 1.29 is 4.79 Å². The number of hydrogen-bond donors (Lipinski definition) is 0. The number of aryl methyl sites for hydroxylation is 1. The molecule has 0 heterocycles. The second-order valence-electron chi connectivity index (χ2n) is 5.98. The van der Waals surface area contributed by atoms with E-state index in [0.29, 0.717) is 12.3 Å². The minimum Gasteiger partial charge on any atom is -0.295 e. The predicted molar refractivity (Wildman–Crippen MR) is 91.6 cm³/mol. The molecule has 0 aliphatic rings. The number of allylic oxidation sites excluding steroid dienone is 2. The first kappa shape index (κ1) is 17.7. The van der Waals surface area contributed by atoms with Gasteiger partial charge in [0, 0.05) is 6.42 Å². The van der Waals surface area contributed by atoms with Crippen LogP contribution in [0.5, 0.6) is 0 Å². The SMILES string of the molecule is CCCC(CCC)/C(=C\C(=O)CC)Cc1cccc(C)c1. The Balaban J connectivity index is 3.00. The second kappa shape index (κ2) is 9.55. The normalized spacial score (nSPS) is 12.0. The maximum absolute atomic E-state index is 11.9. The highest BCUT2D eigenvalue weighted by Crippen LogP contribution is 2.26. The van der Waals surface area contributed by atoms with E-state index in [1.54, 1.807) is 0 Å². The van der Waals surface area contributed by atoms with Gasteiger partial charge in [0.15, 0.2) is 5.78 Å². The Morgan fingerprint density at radius 3 is 2.33 bits per heavy atom. The largest absolute Gasteiger partial charge is 0.295 e. The van der Waals surface area contributed by atoms with Gasteiger partial charge in [-0.05, 0) is 43.7 Å². The molecule has 1 nitrogen and oxygen atoms in total. The zero-order valence-electron chi connectivity index (χ0n) is 14.1. The molecule has 1 heteroatoms. The smallest absolute Gasteiger partial charge is 0.155 e. The van der Waals surface area contributed by atoms with Gasteiger partial charge in [0.1, 0.15) is 0 Å². The van der Waals surface area contributed by atoms with Crippen LogP contribution in [0.1, 0.15) is 64.0 Å². The monoisotopic (exact) mass is 286 g/mol. The van der Waals surface area contributed by atoms with E-state index < -0.39 is 0 Å². The molecule has 0 spiro atoms. The van der Waals surface area contributed by atoms with E-state index in [0.717, 1.165) is 6.42 Å². The first-order valence-electron chi connectivity index (χ1n) is 8.39. The Morgan fingerprint density at radius 2 is 1.81 bits per heavy atom. The highest BCUT2D eigenvalue weighted by molar-refractivity contribution is 5.90. The lowest BCUT2D eigenvalue weighted by Crippen LogP contribution is -2.09. The van der Waals surface area contributed by atoms with Crippen LogP contribution >= 0.6 is 0 Å². The topological polar surface area (TPSA) is 17.1 Å². The average Bonchev–Trinajstić information content (AvgIpc) is 2.46. The van der Waals surface area contributed by atoms with E-state index in [4.69, 9.17) is 0 Å². The third-order valence-corrected chi connectivity index (χ3v) is 3.98. The van der Waals surface area contributed by atoms with E-state index in [9.17, 15) is 4.79 Å². The molecule has 0 saturated carbocycles. The second-order valence-corrected chi connectivity index (χ2v) is 5.98. The van der Waals surface area contributed by atoms with Gasteiger partial charge in [-0.2, -0.15) is 0 Å². The Hall–Kier alpha value is -1.37. The van der Waals surface area contributed by atoms with E-state index in [2.05, 4.69) is 45.0 Å². The van der Waals surface area contributed by atoms with Gasteiger partial charge < -0.3 is 0 Å². The third kappa shape index (κ3) is 6.29. The third-order valence-electron chi connectivity index (χ3n) is 3.98. The van der Waals surface area contributed by atoms with Crippen LogP contribution in [0, 0.1) is 12.8 Å². The summed E-state index contributed by atoms with van der Waals surface area (Å²) in [6.45, 7) is 8.53. The highest BCUT2D eigenvalue weighted by Gasteiger charge is 2.14. The van der Waals surface area contributed by atoms with Crippen LogP contribution in [0.4, 0.5) is 0 Å². The fraction of sp³-hybridized carbons (Fsp3) is 0.550. The van der Waals surface area contributed by atoms with Crippen molar-refractivity contribution in [2.45, 2.75) is 66.2 Å². The first-order valence-corrected chi connectivity index (χ1v) is 8.39. The van der Waals surface area contributed by atoms with Gasteiger partial charge in [-0.3, -0.25) is 4.79 Å². The molecule has 21 heavy (non-hydrogen) atoms. The highest BCUT2D eigenvalue weighted by atomic mass is 16.1. The Bertz CT molecular complexity index is 464. The summed E-state index contributed by atoms with van der Waals surface area (Å²) >= 11 is 0. The fourth-order valence-electron chi connectivity index (χ4n) is 2.89. The first-order chi connectivity index (χ1) is 10.1. The van der Waals surface area contributed by atoms with Crippen molar-refractivity contribution in [3.05, 3.63) is 47.0 Å². The van der Waals surface area contributed by atoms with Gasteiger partial charge in [0.25, 0.3) is 0 Å². The Morgan fingerprint density at radius 1 is 1.14 bits per heavy atom. The molecule has 0 N–H and O–H groups in total. The maximum Gasteiger partial charge on any atom is 0.155 e. The van der Waals surface area contributed by atoms with Crippen LogP contribution in [-0.2, 0) is 11.2 Å². The number of carbonyl (C=O) groups excluding carboxylic acids is 1. The summed E-state index contributed by atoms with van der Waals surface area (Å²) in [4.78, 5) is 11.9. The molecule has 0 fully saturated rings. The lowest BCUT2D eigenvalue weighted by atomic mass is 9.85. The molecule has 0 radical (unpaired) electrons. The quantitative estimate of drug-likeness (QED) is 0.535. The van der Waals surface area contributed by atoms with Crippen molar-refractivity contribution in [2.24, 2.45) is 5.92 Å². The van der Waals surface area contributed by atoms with Gasteiger partial charge in [-0.15, -0.1) is 0 Å². The molecule has 0 amide bonds. The summed E-state index contributed by atoms with van der Waals surface area (Å²) in [5, 5.41) is 0. The zero-order valence-corrected chi connectivity index (χ0v) is 14.1. The van der Waals surface area contributed by atoms with Crippen LogP contribution in [0.25, 0.3) is 0 Å². The van der Waals surface area contributed by atoms with E-state index in [1.165, 1.54) is 42.4 Å². The molecule has 0 aliphatic carbocycles. The van der Waals surface area contributed by atoms with Gasteiger partial charge in [0.05, 0.1) is 0 Å². The molecule has 0 unspecified atom stereocenters. The number of benzene rings is 1. The summed E-state index contributed by atoms with van der Waals surface area (Å²) in [6, 6.07) is 8.64. The summed E-state index contributed by atoms with van der Waals surface area (Å²) in [7, 11) is 0. The van der Waals surface area contributed by atoms with E-state index >= 15 is 0 Å². The van der Waals surface area contributed by atoms with Gasteiger partial charge in [-0.25, -0.2) is 0 Å². The van der Waals surface area contributed by atoms with Crippen molar-refractivity contribution in [2.75, 3.05) is 0 Å². The number of rotatable bonds is 9. The molecular weight excluding hydrogens is 256 g/mol. The van der Waals surface area contributed by atoms with Gasteiger partial charge in [-0.1, -0.05) is 69.0 Å². The van der Waals surface area contributed by atoms with E-state index in [-0.39, 0.29) is 5.78 Å². The minimum atomic E-state index is 0.259. The van der Waals surface area contributed by atoms with Gasteiger partial charge >= 0.3 is 0 Å². The minimum absolute atomic E-state index is 0.259. The molecule has 1 aromatic carbocycles. The molecule has 116 valence electrons. The Labute approximate surface area is 130 Å². The van der Waals surface area contributed by atoms with Crippen LogP contribution < -0.4 is 0 Å². The molecule has 1 rings (SSSR count). The standard InChI is InChI=1S/C20H30O/c1-5-9-18(10-6-2)19(15-20(21)7-3)14-17-12-8-11-16(4)13-17/h8,11-13,15,18H,5-7,9-10,14H2,1-4H3/b19-15-. The summed E-state index contributed by atoms with van der Waals surface area (Å²) in [6.07, 6.45) is 8.16. The number of carbonyl (C=O) groups is 1. The summed E-state index contributed by atoms with van der Waals surface area (Å²) < 4.78 is 0. The van der Waals surface area contributed by atoms with Crippen molar-refractivity contribution in [3.8, 4) is 0 Å². The molecule has 0 atom stereocenters. The molecule has 0 aromatic heterocycles. The van der Waals surface area contributed by atoms with Crippen molar-refractivity contribution in [1.29, 1.82) is 0 Å². The van der Waals surface area contributed by atoms with Crippen LogP contribution in [-0.4, -0.2) is 5.78 Å². The molecule has 0 saturated heterocycles. The number of ketones is 1.